The van der Waals surface area contributed by atoms with Gasteiger partial charge in [0.05, 0.1) is 6.42 Å². The zero-order chi connectivity index (χ0) is 11.6. The highest BCUT2D eigenvalue weighted by Crippen LogP contribution is 2.40. The lowest BCUT2D eigenvalue weighted by atomic mass is 9.77. The van der Waals surface area contributed by atoms with Crippen LogP contribution in [0.15, 0.2) is 24.3 Å². The zero-order valence-corrected chi connectivity index (χ0v) is 9.40. The Morgan fingerprint density at radius 2 is 2.25 bits per heavy atom. The van der Waals surface area contributed by atoms with E-state index in [0.717, 1.165) is 24.8 Å². The third-order valence-electron chi connectivity index (χ3n) is 3.36. The van der Waals surface area contributed by atoms with E-state index < -0.39 is 11.6 Å². The number of carboxylic acid groups (broad SMARTS) is 1. The SMILES string of the molecule is COC1(CC(=O)O)CCCc2ccccc21. The predicted molar refractivity (Wildman–Crippen MR) is 60.3 cm³/mol. The van der Waals surface area contributed by atoms with Crippen LogP contribution in [0.3, 0.4) is 0 Å². The number of hydrogen-bond donors (Lipinski definition) is 1. The van der Waals surface area contributed by atoms with Crippen LogP contribution in [0.4, 0.5) is 0 Å². The quantitative estimate of drug-likeness (QED) is 0.850. The van der Waals surface area contributed by atoms with Crippen molar-refractivity contribution in [2.24, 2.45) is 0 Å². The van der Waals surface area contributed by atoms with E-state index in [1.54, 1.807) is 7.11 Å². The smallest absolute Gasteiger partial charge is 0.306 e. The zero-order valence-electron chi connectivity index (χ0n) is 9.40. The number of fused-ring (bicyclic) bond motifs is 1. The Hall–Kier alpha value is -1.35. The molecule has 1 N–H and O–H groups in total. The lowest BCUT2D eigenvalue weighted by Gasteiger charge is -2.36. The van der Waals surface area contributed by atoms with Gasteiger partial charge >= 0.3 is 5.97 Å². The van der Waals surface area contributed by atoms with Gasteiger partial charge in [-0.05, 0) is 30.4 Å². The van der Waals surface area contributed by atoms with Crippen molar-refractivity contribution >= 4 is 5.97 Å². The summed E-state index contributed by atoms with van der Waals surface area (Å²) in [7, 11) is 1.60. The van der Waals surface area contributed by atoms with Crippen LogP contribution in [0.2, 0.25) is 0 Å². The molecule has 2 rings (SSSR count). The van der Waals surface area contributed by atoms with Crippen molar-refractivity contribution in [1.29, 1.82) is 0 Å². The second-order valence-corrected chi connectivity index (χ2v) is 4.28. The average molecular weight is 220 g/mol. The van der Waals surface area contributed by atoms with Gasteiger partial charge in [-0.15, -0.1) is 0 Å². The van der Waals surface area contributed by atoms with Gasteiger partial charge in [0.2, 0.25) is 0 Å². The van der Waals surface area contributed by atoms with Crippen molar-refractivity contribution in [1.82, 2.24) is 0 Å². The first-order valence-corrected chi connectivity index (χ1v) is 5.53. The fourth-order valence-electron chi connectivity index (χ4n) is 2.59. The van der Waals surface area contributed by atoms with E-state index in [4.69, 9.17) is 9.84 Å². The molecule has 0 radical (unpaired) electrons. The van der Waals surface area contributed by atoms with Gasteiger partial charge in [0, 0.05) is 7.11 Å². The molecule has 3 heteroatoms. The average Bonchev–Trinajstić information content (AvgIpc) is 2.29. The van der Waals surface area contributed by atoms with Crippen molar-refractivity contribution in [2.45, 2.75) is 31.3 Å². The number of ether oxygens (including phenoxy) is 1. The topological polar surface area (TPSA) is 46.5 Å². The van der Waals surface area contributed by atoms with Crippen LogP contribution in [0, 0.1) is 0 Å². The number of carbonyl (C=O) groups is 1. The molecule has 16 heavy (non-hydrogen) atoms. The van der Waals surface area contributed by atoms with Gasteiger partial charge in [-0.3, -0.25) is 4.79 Å². The van der Waals surface area contributed by atoms with E-state index in [9.17, 15) is 4.79 Å². The van der Waals surface area contributed by atoms with Crippen LogP contribution in [0.25, 0.3) is 0 Å². The normalized spacial score (nSPS) is 23.8. The second-order valence-electron chi connectivity index (χ2n) is 4.28. The van der Waals surface area contributed by atoms with Crippen LogP contribution in [0.1, 0.15) is 30.4 Å². The van der Waals surface area contributed by atoms with Gasteiger partial charge in [-0.25, -0.2) is 0 Å². The number of aliphatic carboxylic acids is 1. The summed E-state index contributed by atoms with van der Waals surface area (Å²) in [6.45, 7) is 0. The maximum atomic E-state index is 11.0. The lowest BCUT2D eigenvalue weighted by Crippen LogP contribution is -2.35. The third-order valence-corrected chi connectivity index (χ3v) is 3.36. The summed E-state index contributed by atoms with van der Waals surface area (Å²) in [4.78, 5) is 11.0. The number of hydrogen-bond acceptors (Lipinski definition) is 2. The Labute approximate surface area is 95.0 Å². The molecule has 0 fully saturated rings. The van der Waals surface area contributed by atoms with E-state index in [1.807, 2.05) is 18.2 Å². The Kier molecular flexibility index (Phi) is 2.97. The van der Waals surface area contributed by atoms with E-state index in [2.05, 4.69) is 6.07 Å². The second kappa shape index (κ2) is 4.26. The van der Waals surface area contributed by atoms with Crippen molar-refractivity contribution in [3.63, 3.8) is 0 Å². The first kappa shape index (κ1) is 11.1. The summed E-state index contributed by atoms with van der Waals surface area (Å²) in [5.74, 6) is -0.807. The highest BCUT2D eigenvalue weighted by molar-refractivity contribution is 5.69. The maximum absolute atomic E-state index is 11.0. The highest BCUT2D eigenvalue weighted by atomic mass is 16.5. The molecular formula is C13H16O3. The summed E-state index contributed by atoms with van der Waals surface area (Å²) in [6, 6.07) is 7.98. The standard InChI is InChI=1S/C13H16O3/c1-16-13(9-12(14)15)8-4-6-10-5-2-3-7-11(10)13/h2-3,5,7H,4,6,8-9H2,1H3,(H,14,15). The minimum Gasteiger partial charge on any atom is -0.481 e. The summed E-state index contributed by atoms with van der Waals surface area (Å²) >= 11 is 0. The molecule has 0 saturated heterocycles. The molecule has 1 aliphatic rings. The molecule has 0 aromatic heterocycles. The monoisotopic (exact) mass is 220 g/mol. The lowest BCUT2D eigenvalue weighted by molar-refractivity contribution is -0.145. The van der Waals surface area contributed by atoms with Gasteiger partial charge in [0.1, 0.15) is 5.60 Å². The Morgan fingerprint density at radius 1 is 1.50 bits per heavy atom. The van der Waals surface area contributed by atoms with Crippen LogP contribution in [-0.4, -0.2) is 18.2 Å². The molecule has 1 aromatic carbocycles. The molecule has 0 bridgehead atoms. The molecule has 0 heterocycles. The molecule has 1 aliphatic carbocycles. The minimum atomic E-state index is -0.807. The molecule has 0 aliphatic heterocycles. The highest BCUT2D eigenvalue weighted by Gasteiger charge is 2.38. The fraction of sp³-hybridized carbons (Fsp3) is 0.462. The van der Waals surface area contributed by atoms with E-state index in [-0.39, 0.29) is 6.42 Å². The summed E-state index contributed by atoms with van der Waals surface area (Å²) in [5, 5.41) is 9.01. The van der Waals surface area contributed by atoms with E-state index >= 15 is 0 Å². The Balaban J connectivity index is 2.44. The van der Waals surface area contributed by atoms with Crippen molar-refractivity contribution < 1.29 is 14.6 Å². The minimum absolute atomic E-state index is 0.0422. The van der Waals surface area contributed by atoms with E-state index in [1.165, 1.54) is 5.56 Å². The first-order chi connectivity index (χ1) is 7.68. The number of methoxy groups -OCH3 is 1. The fourth-order valence-corrected chi connectivity index (χ4v) is 2.59. The van der Waals surface area contributed by atoms with Crippen LogP contribution in [-0.2, 0) is 21.6 Å². The van der Waals surface area contributed by atoms with E-state index in [0.29, 0.717) is 0 Å². The van der Waals surface area contributed by atoms with Crippen LogP contribution < -0.4 is 0 Å². The molecule has 86 valence electrons. The van der Waals surface area contributed by atoms with Crippen molar-refractivity contribution in [3.8, 4) is 0 Å². The number of carboxylic acids is 1. The van der Waals surface area contributed by atoms with Gasteiger partial charge in [0.25, 0.3) is 0 Å². The first-order valence-electron chi connectivity index (χ1n) is 5.53. The molecule has 1 unspecified atom stereocenters. The third kappa shape index (κ3) is 1.83. The predicted octanol–water partition coefficient (Wildman–Crippen LogP) is 2.34. The largest absolute Gasteiger partial charge is 0.481 e. The molecule has 0 spiro atoms. The molecule has 3 nitrogen and oxygen atoms in total. The molecular weight excluding hydrogens is 204 g/mol. The maximum Gasteiger partial charge on any atom is 0.306 e. The Bertz CT molecular complexity index is 400. The molecule has 1 aromatic rings. The summed E-state index contributed by atoms with van der Waals surface area (Å²) in [5.41, 5.74) is 1.64. The van der Waals surface area contributed by atoms with Gasteiger partial charge in [-0.1, -0.05) is 24.3 Å². The van der Waals surface area contributed by atoms with Gasteiger partial charge in [0.15, 0.2) is 0 Å². The number of aryl methyl sites for hydroxylation is 1. The summed E-state index contributed by atoms with van der Waals surface area (Å²) < 4.78 is 5.54. The molecule has 1 atom stereocenters. The number of benzene rings is 1. The van der Waals surface area contributed by atoms with Crippen LogP contribution in [0.5, 0.6) is 0 Å². The molecule has 0 saturated carbocycles. The molecule has 0 amide bonds. The van der Waals surface area contributed by atoms with Gasteiger partial charge in [-0.2, -0.15) is 0 Å². The van der Waals surface area contributed by atoms with Crippen LogP contribution >= 0.6 is 0 Å². The summed E-state index contributed by atoms with van der Waals surface area (Å²) in [6.07, 6.45) is 2.83. The number of rotatable bonds is 3. The van der Waals surface area contributed by atoms with Crippen molar-refractivity contribution in [3.05, 3.63) is 35.4 Å². The van der Waals surface area contributed by atoms with Gasteiger partial charge < -0.3 is 9.84 Å². The Morgan fingerprint density at radius 3 is 2.94 bits per heavy atom. The van der Waals surface area contributed by atoms with Crippen molar-refractivity contribution in [2.75, 3.05) is 7.11 Å².